The Kier molecular flexibility index (Phi) is 1.92. The van der Waals surface area contributed by atoms with Gasteiger partial charge in [-0.2, -0.15) is 0 Å². The summed E-state index contributed by atoms with van der Waals surface area (Å²) in [6.45, 7) is 0.484. The first kappa shape index (κ1) is 8.80. The average Bonchev–Trinajstić information content (AvgIpc) is 2.72. The third-order valence-electron chi connectivity index (χ3n) is 2.50. The molecule has 0 saturated carbocycles. The zero-order chi connectivity index (χ0) is 10.3. The van der Waals surface area contributed by atoms with E-state index in [0.717, 1.165) is 28.3 Å². The summed E-state index contributed by atoms with van der Waals surface area (Å²) in [4.78, 5) is 0. The van der Waals surface area contributed by atoms with Gasteiger partial charge in [-0.25, -0.2) is 0 Å². The highest BCUT2D eigenvalue weighted by Crippen LogP contribution is 2.38. The standard InChI is InChI=1S/C11H8ClNO2/c12-5-9-8-6-14-10-4-2-1-3-7(10)11(8)15-13-9/h1-4H,5-6H2. The Balaban J connectivity index is 2.22. The summed E-state index contributed by atoms with van der Waals surface area (Å²) in [6.07, 6.45) is 0. The van der Waals surface area contributed by atoms with E-state index in [1.807, 2.05) is 24.3 Å². The van der Waals surface area contributed by atoms with E-state index in [4.69, 9.17) is 20.9 Å². The molecule has 0 radical (unpaired) electrons. The Morgan fingerprint density at radius 2 is 2.20 bits per heavy atom. The Morgan fingerprint density at radius 1 is 1.33 bits per heavy atom. The van der Waals surface area contributed by atoms with Crippen LogP contribution in [-0.2, 0) is 12.5 Å². The molecule has 0 N–H and O–H groups in total. The summed E-state index contributed by atoms with van der Waals surface area (Å²) in [5.74, 6) is 1.97. The van der Waals surface area contributed by atoms with Gasteiger partial charge in [-0.1, -0.05) is 17.3 Å². The van der Waals surface area contributed by atoms with Gasteiger partial charge in [0, 0.05) is 0 Å². The van der Waals surface area contributed by atoms with E-state index in [9.17, 15) is 0 Å². The first-order chi connectivity index (χ1) is 7.40. The lowest BCUT2D eigenvalue weighted by molar-refractivity contribution is 0.297. The third kappa shape index (κ3) is 1.23. The van der Waals surface area contributed by atoms with Crippen LogP contribution in [0.2, 0.25) is 0 Å². The number of aromatic nitrogens is 1. The van der Waals surface area contributed by atoms with Gasteiger partial charge in [-0.15, -0.1) is 11.6 Å². The minimum atomic E-state index is 0.352. The highest BCUT2D eigenvalue weighted by Gasteiger charge is 2.24. The molecular formula is C11H8ClNO2. The number of hydrogen-bond donors (Lipinski definition) is 0. The number of hydrogen-bond acceptors (Lipinski definition) is 3. The van der Waals surface area contributed by atoms with Crippen molar-refractivity contribution < 1.29 is 9.26 Å². The predicted molar refractivity (Wildman–Crippen MR) is 55.8 cm³/mol. The Hall–Kier alpha value is -1.48. The first-order valence-corrected chi connectivity index (χ1v) is 5.19. The summed E-state index contributed by atoms with van der Waals surface area (Å²) in [5.41, 5.74) is 2.67. The highest BCUT2D eigenvalue weighted by molar-refractivity contribution is 6.17. The van der Waals surface area contributed by atoms with Crippen LogP contribution in [0.3, 0.4) is 0 Å². The van der Waals surface area contributed by atoms with Crippen LogP contribution >= 0.6 is 11.6 Å². The molecule has 0 amide bonds. The van der Waals surface area contributed by atoms with E-state index in [2.05, 4.69) is 5.16 Å². The number of alkyl halides is 1. The van der Waals surface area contributed by atoms with E-state index < -0.39 is 0 Å². The molecule has 3 rings (SSSR count). The van der Waals surface area contributed by atoms with Crippen LogP contribution in [0.15, 0.2) is 28.8 Å². The molecule has 0 unspecified atom stereocenters. The van der Waals surface area contributed by atoms with Crippen LogP contribution < -0.4 is 4.74 Å². The highest BCUT2D eigenvalue weighted by atomic mass is 35.5. The number of rotatable bonds is 1. The van der Waals surface area contributed by atoms with Crippen LogP contribution in [0.4, 0.5) is 0 Å². The van der Waals surface area contributed by atoms with Crippen LogP contribution in [-0.4, -0.2) is 5.16 Å². The fourth-order valence-corrected chi connectivity index (χ4v) is 1.95. The zero-order valence-corrected chi connectivity index (χ0v) is 8.62. The molecule has 1 aliphatic heterocycles. The lowest BCUT2D eigenvalue weighted by atomic mass is 10.0. The largest absolute Gasteiger partial charge is 0.488 e. The molecule has 3 nitrogen and oxygen atoms in total. The monoisotopic (exact) mass is 221 g/mol. The number of ether oxygens (including phenoxy) is 1. The number of benzene rings is 1. The van der Waals surface area contributed by atoms with Crippen LogP contribution in [0, 0.1) is 0 Å². The zero-order valence-electron chi connectivity index (χ0n) is 7.87. The van der Waals surface area contributed by atoms with Gasteiger partial charge in [0.2, 0.25) is 0 Å². The molecule has 0 spiro atoms. The average molecular weight is 222 g/mol. The van der Waals surface area contributed by atoms with E-state index in [1.54, 1.807) is 0 Å². The van der Waals surface area contributed by atoms with Gasteiger partial charge in [0.1, 0.15) is 18.1 Å². The summed E-state index contributed by atoms with van der Waals surface area (Å²) < 4.78 is 10.9. The summed E-state index contributed by atoms with van der Waals surface area (Å²) >= 11 is 5.75. The molecular weight excluding hydrogens is 214 g/mol. The van der Waals surface area contributed by atoms with Crippen molar-refractivity contribution in [2.24, 2.45) is 0 Å². The molecule has 15 heavy (non-hydrogen) atoms. The molecule has 4 heteroatoms. The smallest absolute Gasteiger partial charge is 0.177 e. The van der Waals surface area contributed by atoms with Gasteiger partial charge < -0.3 is 9.26 Å². The molecule has 0 atom stereocenters. The van der Waals surface area contributed by atoms with Gasteiger partial charge in [-0.3, -0.25) is 0 Å². The summed E-state index contributed by atoms with van der Waals surface area (Å²) in [7, 11) is 0. The van der Waals surface area contributed by atoms with Gasteiger partial charge in [0.15, 0.2) is 5.76 Å². The second kappa shape index (κ2) is 3.28. The Labute approximate surface area is 91.6 Å². The van der Waals surface area contributed by atoms with Gasteiger partial charge in [-0.05, 0) is 12.1 Å². The van der Waals surface area contributed by atoms with Crippen molar-refractivity contribution in [2.75, 3.05) is 0 Å². The minimum absolute atomic E-state index is 0.352. The number of fused-ring (bicyclic) bond motifs is 3. The molecule has 1 aliphatic rings. The number of para-hydroxylation sites is 1. The molecule has 1 aromatic heterocycles. The fourth-order valence-electron chi connectivity index (χ4n) is 1.74. The van der Waals surface area contributed by atoms with E-state index in [1.165, 1.54) is 0 Å². The summed E-state index contributed by atoms with van der Waals surface area (Å²) in [5, 5.41) is 3.93. The molecule has 76 valence electrons. The van der Waals surface area contributed by atoms with Crippen LogP contribution in [0.5, 0.6) is 5.75 Å². The summed E-state index contributed by atoms with van der Waals surface area (Å²) in [6, 6.07) is 7.75. The van der Waals surface area contributed by atoms with Crippen molar-refractivity contribution in [2.45, 2.75) is 12.5 Å². The van der Waals surface area contributed by atoms with Crippen molar-refractivity contribution in [3.05, 3.63) is 35.5 Å². The minimum Gasteiger partial charge on any atom is -0.488 e. The molecule has 0 saturated heterocycles. The maximum Gasteiger partial charge on any atom is 0.177 e. The maximum absolute atomic E-state index is 5.75. The second-order valence-corrected chi connectivity index (χ2v) is 3.62. The topological polar surface area (TPSA) is 35.3 Å². The molecule has 0 aliphatic carbocycles. The van der Waals surface area contributed by atoms with E-state index >= 15 is 0 Å². The van der Waals surface area contributed by atoms with Crippen molar-refractivity contribution in [1.29, 1.82) is 0 Å². The molecule has 0 bridgehead atoms. The molecule has 2 heterocycles. The van der Waals surface area contributed by atoms with Crippen molar-refractivity contribution >= 4 is 11.6 Å². The van der Waals surface area contributed by atoms with Gasteiger partial charge >= 0.3 is 0 Å². The van der Waals surface area contributed by atoms with Crippen LogP contribution in [0.25, 0.3) is 11.3 Å². The number of halogens is 1. The normalized spacial score (nSPS) is 12.9. The van der Waals surface area contributed by atoms with E-state index in [-0.39, 0.29) is 0 Å². The maximum atomic E-state index is 5.75. The molecule has 2 aromatic rings. The Bertz CT molecular complexity index is 507. The molecule has 1 aromatic carbocycles. The quantitative estimate of drug-likeness (QED) is 0.695. The SMILES string of the molecule is ClCc1noc2c1COc1ccccc1-2. The van der Waals surface area contributed by atoms with Gasteiger partial charge in [0.25, 0.3) is 0 Å². The Morgan fingerprint density at radius 3 is 3.07 bits per heavy atom. The fraction of sp³-hybridized carbons (Fsp3) is 0.182. The lowest BCUT2D eigenvalue weighted by Crippen LogP contribution is -2.04. The number of nitrogens with zero attached hydrogens (tertiary/aromatic N) is 1. The third-order valence-corrected chi connectivity index (χ3v) is 2.75. The molecule has 0 fully saturated rings. The van der Waals surface area contributed by atoms with Crippen molar-refractivity contribution in [3.8, 4) is 17.1 Å². The second-order valence-electron chi connectivity index (χ2n) is 3.36. The van der Waals surface area contributed by atoms with E-state index in [0.29, 0.717) is 12.5 Å². The lowest BCUT2D eigenvalue weighted by Gasteiger charge is -2.15. The predicted octanol–water partition coefficient (Wildman–Crippen LogP) is 2.97. The van der Waals surface area contributed by atoms with Gasteiger partial charge in [0.05, 0.1) is 17.0 Å². The van der Waals surface area contributed by atoms with Crippen LogP contribution in [0.1, 0.15) is 11.3 Å². The van der Waals surface area contributed by atoms with Crippen molar-refractivity contribution in [3.63, 3.8) is 0 Å². The van der Waals surface area contributed by atoms with Crippen molar-refractivity contribution in [1.82, 2.24) is 5.16 Å². The first-order valence-electron chi connectivity index (χ1n) is 4.65.